The molecule has 0 bridgehead atoms. The summed E-state index contributed by atoms with van der Waals surface area (Å²) in [7, 11) is -3.67. The molecule has 0 unspecified atom stereocenters. The second kappa shape index (κ2) is 8.23. The molecule has 1 amide bonds. The molecule has 142 valence electrons. The molecule has 0 fully saturated rings. The molecule has 5 heteroatoms. The number of benzene rings is 3. The second-order valence-corrected chi connectivity index (χ2v) is 8.34. The maximum atomic E-state index is 12.7. The average molecular weight is 391 g/mol. The lowest BCUT2D eigenvalue weighted by atomic mass is 9.91. The van der Waals surface area contributed by atoms with E-state index in [0.717, 1.165) is 28.5 Å². The molecule has 0 heterocycles. The summed E-state index contributed by atoms with van der Waals surface area (Å²) >= 11 is 0. The lowest BCUT2D eigenvalue weighted by molar-refractivity contribution is 0.0981. The Labute approximate surface area is 165 Å². The van der Waals surface area contributed by atoms with Gasteiger partial charge in [-0.2, -0.15) is 0 Å². The number of carbonyl (C=O) groups is 1. The van der Waals surface area contributed by atoms with E-state index in [9.17, 15) is 13.2 Å². The fourth-order valence-electron chi connectivity index (χ4n) is 2.95. The van der Waals surface area contributed by atoms with Crippen LogP contribution in [0.3, 0.4) is 0 Å². The molecule has 0 aliphatic rings. The first-order valence-corrected chi connectivity index (χ1v) is 10.7. The second-order valence-electron chi connectivity index (χ2n) is 6.59. The summed E-state index contributed by atoms with van der Waals surface area (Å²) < 4.78 is 25.3. The molecular formula is C23H21NO3S. The Bertz CT molecular complexity index is 1120. The Kier molecular flexibility index (Phi) is 5.76. The van der Waals surface area contributed by atoms with Crippen LogP contribution in [-0.2, 0) is 10.0 Å². The van der Waals surface area contributed by atoms with E-state index in [1.807, 2.05) is 85.8 Å². The first kappa shape index (κ1) is 19.6. The summed E-state index contributed by atoms with van der Waals surface area (Å²) in [6, 6.07) is 25.0. The van der Waals surface area contributed by atoms with E-state index in [4.69, 9.17) is 0 Å². The Morgan fingerprint density at radius 1 is 0.857 bits per heavy atom. The van der Waals surface area contributed by atoms with Crippen LogP contribution in [0, 0.1) is 6.92 Å². The molecule has 0 atom stereocenters. The average Bonchev–Trinajstić information content (AvgIpc) is 2.66. The normalized spacial score (nSPS) is 11.9. The van der Waals surface area contributed by atoms with Crippen LogP contribution in [0.15, 0.2) is 78.9 Å². The van der Waals surface area contributed by atoms with Gasteiger partial charge in [0.25, 0.3) is 5.91 Å². The number of rotatable bonds is 5. The molecule has 3 aromatic rings. The van der Waals surface area contributed by atoms with E-state index >= 15 is 0 Å². The number of amides is 1. The van der Waals surface area contributed by atoms with Gasteiger partial charge < -0.3 is 0 Å². The Hall–Kier alpha value is -3.18. The quantitative estimate of drug-likeness (QED) is 0.661. The fourth-order valence-corrected chi connectivity index (χ4v) is 3.40. The third-order valence-electron chi connectivity index (χ3n) is 4.18. The minimum Gasteiger partial charge on any atom is -0.268 e. The smallest absolute Gasteiger partial charge is 0.265 e. The lowest BCUT2D eigenvalue weighted by Crippen LogP contribution is -2.30. The standard InChI is InChI=1S/C23H21NO3S/c1-17-13-14-20(22(15-17)23(25)24-28(2,26)27)21(19-11-7-4-8-12-19)16-18-9-5-3-6-10-18/h3-16H,1-2H3,(H,24,25)/b21-16+. The lowest BCUT2D eigenvalue weighted by Gasteiger charge is -2.15. The van der Waals surface area contributed by atoms with Crippen LogP contribution in [-0.4, -0.2) is 20.6 Å². The van der Waals surface area contributed by atoms with Crippen LogP contribution >= 0.6 is 0 Å². The third-order valence-corrected chi connectivity index (χ3v) is 4.74. The van der Waals surface area contributed by atoms with Gasteiger partial charge >= 0.3 is 0 Å². The molecule has 1 N–H and O–H groups in total. The topological polar surface area (TPSA) is 63.2 Å². The highest BCUT2D eigenvalue weighted by atomic mass is 32.2. The van der Waals surface area contributed by atoms with Crippen molar-refractivity contribution in [2.75, 3.05) is 6.26 Å². The van der Waals surface area contributed by atoms with Gasteiger partial charge in [0, 0.05) is 5.56 Å². The van der Waals surface area contributed by atoms with E-state index in [1.54, 1.807) is 6.07 Å². The van der Waals surface area contributed by atoms with Crippen molar-refractivity contribution in [3.05, 3.63) is 107 Å². The third kappa shape index (κ3) is 4.96. The van der Waals surface area contributed by atoms with Crippen LogP contribution in [0.1, 0.15) is 32.6 Å². The Morgan fingerprint density at radius 3 is 2.07 bits per heavy atom. The number of carbonyl (C=O) groups excluding carboxylic acids is 1. The van der Waals surface area contributed by atoms with Gasteiger partial charge in [0.2, 0.25) is 10.0 Å². The molecule has 3 aromatic carbocycles. The van der Waals surface area contributed by atoms with Crippen molar-refractivity contribution in [3.8, 4) is 0 Å². The molecule has 0 saturated carbocycles. The Balaban J connectivity index is 2.21. The monoisotopic (exact) mass is 391 g/mol. The van der Waals surface area contributed by atoms with Crippen molar-refractivity contribution in [1.29, 1.82) is 0 Å². The Morgan fingerprint density at radius 2 is 1.46 bits per heavy atom. The van der Waals surface area contributed by atoms with Crippen molar-refractivity contribution < 1.29 is 13.2 Å². The summed E-state index contributed by atoms with van der Waals surface area (Å²) in [5, 5.41) is 0. The van der Waals surface area contributed by atoms with E-state index < -0.39 is 15.9 Å². The van der Waals surface area contributed by atoms with Crippen molar-refractivity contribution in [3.63, 3.8) is 0 Å². The number of hydrogen-bond acceptors (Lipinski definition) is 3. The number of aryl methyl sites for hydroxylation is 1. The molecule has 3 rings (SSSR count). The molecular weight excluding hydrogens is 370 g/mol. The van der Waals surface area contributed by atoms with Gasteiger partial charge in [0.05, 0.1) is 6.26 Å². The number of hydrogen-bond donors (Lipinski definition) is 1. The summed E-state index contributed by atoms with van der Waals surface area (Å²) in [5.74, 6) is -0.643. The molecule has 0 saturated heterocycles. The summed E-state index contributed by atoms with van der Waals surface area (Å²) in [6.07, 6.45) is 2.97. The minimum atomic E-state index is -3.67. The van der Waals surface area contributed by atoms with E-state index in [-0.39, 0.29) is 0 Å². The summed E-state index contributed by atoms with van der Waals surface area (Å²) in [5.41, 5.74) is 4.61. The van der Waals surface area contributed by atoms with E-state index in [2.05, 4.69) is 4.72 Å². The van der Waals surface area contributed by atoms with Crippen molar-refractivity contribution in [2.45, 2.75) is 6.92 Å². The number of sulfonamides is 1. The van der Waals surface area contributed by atoms with Gasteiger partial charge in [-0.05, 0) is 41.3 Å². The van der Waals surface area contributed by atoms with Crippen LogP contribution in [0.25, 0.3) is 11.6 Å². The molecule has 0 aliphatic carbocycles. The zero-order valence-electron chi connectivity index (χ0n) is 15.7. The molecule has 0 radical (unpaired) electrons. The first-order valence-electron chi connectivity index (χ1n) is 8.79. The highest BCUT2D eigenvalue weighted by molar-refractivity contribution is 7.89. The maximum absolute atomic E-state index is 12.7. The minimum absolute atomic E-state index is 0.316. The zero-order chi connectivity index (χ0) is 20.1. The summed E-state index contributed by atoms with van der Waals surface area (Å²) in [6.45, 7) is 1.87. The van der Waals surface area contributed by atoms with Crippen LogP contribution in [0.4, 0.5) is 0 Å². The van der Waals surface area contributed by atoms with Crippen molar-refractivity contribution in [1.82, 2.24) is 4.72 Å². The van der Waals surface area contributed by atoms with Crippen molar-refractivity contribution in [2.24, 2.45) is 0 Å². The zero-order valence-corrected chi connectivity index (χ0v) is 16.5. The largest absolute Gasteiger partial charge is 0.268 e. The van der Waals surface area contributed by atoms with Crippen LogP contribution < -0.4 is 4.72 Å². The molecule has 0 spiro atoms. The SMILES string of the molecule is Cc1ccc(/C(=C/c2ccccc2)c2ccccc2)c(C(=O)NS(C)(=O)=O)c1. The molecule has 4 nitrogen and oxygen atoms in total. The van der Waals surface area contributed by atoms with Gasteiger partial charge in [0.1, 0.15) is 0 Å². The van der Waals surface area contributed by atoms with Gasteiger partial charge in [0.15, 0.2) is 0 Å². The van der Waals surface area contributed by atoms with Crippen LogP contribution in [0.5, 0.6) is 0 Å². The first-order chi connectivity index (χ1) is 13.3. The van der Waals surface area contributed by atoms with Crippen molar-refractivity contribution >= 4 is 27.6 Å². The molecule has 0 aromatic heterocycles. The highest BCUT2D eigenvalue weighted by Crippen LogP contribution is 2.29. The summed E-state index contributed by atoms with van der Waals surface area (Å²) in [4.78, 5) is 12.7. The highest BCUT2D eigenvalue weighted by Gasteiger charge is 2.18. The molecule has 28 heavy (non-hydrogen) atoms. The predicted molar refractivity (Wildman–Crippen MR) is 113 cm³/mol. The van der Waals surface area contributed by atoms with E-state index in [1.165, 1.54) is 0 Å². The van der Waals surface area contributed by atoms with Gasteiger partial charge in [-0.1, -0.05) is 78.4 Å². The number of nitrogens with one attached hydrogen (secondary N) is 1. The van der Waals surface area contributed by atoms with Crippen LogP contribution in [0.2, 0.25) is 0 Å². The van der Waals surface area contributed by atoms with Gasteiger partial charge in [-0.25, -0.2) is 13.1 Å². The predicted octanol–water partition coefficient (Wildman–Crippen LogP) is 4.27. The fraction of sp³-hybridized carbons (Fsp3) is 0.0870. The molecule has 0 aliphatic heterocycles. The van der Waals surface area contributed by atoms with Gasteiger partial charge in [-0.15, -0.1) is 0 Å². The maximum Gasteiger partial charge on any atom is 0.265 e. The van der Waals surface area contributed by atoms with Gasteiger partial charge in [-0.3, -0.25) is 4.79 Å². The van der Waals surface area contributed by atoms with E-state index in [0.29, 0.717) is 11.1 Å².